The normalized spacial score (nSPS) is 21.9. The van der Waals surface area contributed by atoms with Gasteiger partial charge >= 0.3 is 6.09 Å². The third kappa shape index (κ3) is 11.6. The van der Waals surface area contributed by atoms with Crippen molar-refractivity contribution in [2.75, 3.05) is 26.4 Å². The molecule has 15 heteroatoms. The average molecular weight is 933 g/mol. The number of halogens is 1. The SMILES string of the molecule is C=CCCOC(=O)N(Cc1ccc(F)cc1)C1CC(=NOCc2ccc([N+](=O)[O-])cc2)C2=CC(CCCCO)C(CCCCO)C3c4cc(OCc5cccc(C)n5)ccc4OC1(OCC=C)C23. The zero-order chi connectivity index (χ0) is 48.0. The number of nitro groups is 1. The molecule has 2 N–H and O–H groups in total. The molecule has 6 unspecified atom stereocenters. The highest BCUT2D eigenvalue weighted by Crippen LogP contribution is 2.62. The number of carbonyl (C=O) groups is 1. The van der Waals surface area contributed by atoms with Crippen LogP contribution in [-0.4, -0.2) is 75.1 Å². The first kappa shape index (κ1) is 49.5. The van der Waals surface area contributed by atoms with Crippen LogP contribution >= 0.6 is 0 Å². The fourth-order valence-electron chi connectivity index (χ4n) is 9.87. The van der Waals surface area contributed by atoms with Crippen LogP contribution in [0.5, 0.6) is 11.5 Å². The molecule has 7 rings (SSSR count). The van der Waals surface area contributed by atoms with E-state index in [2.05, 4.69) is 24.2 Å². The predicted octanol–water partition coefficient (Wildman–Crippen LogP) is 10.1. The molecule has 4 aromatic rings. The Morgan fingerprint density at radius 2 is 1.74 bits per heavy atom. The Morgan fingerprint density at radius 3 is 2.44 bits per heavy atom. The van der Waals surface area contributed by atoms with Gasteiger partial charge in [-0.15, -0.1) is 13.2 Å². The molecule has 0 radical (unpaired) electrons. The van der Waals surface area contributed by atoms with E-state index >= 15 is 0 Å². The number of non-ortho nitro benzene ring substituents is 1. The van der Waals surface area contributed by atoms with Crippen molar-refractivity contribution in [2.24, 2.45) is 22.9 Å². The van der Waals surface area contributed by atoms with Crippen molar-refractivity contribution in [3.8, 4) is 11.5 Å². The average Bonchev–Trinajstić information content (AvgIpc) is 3.34. The smallest absolute Gasteiger partial charge is 0.410 e. The quantitative estimate of drug-likeness (QED) is 0.0296. The maximum absolute atomic E-state index is 14.7. The molecule has 14 nitrogen and oxygen atoms in total. The Kier molecular flexibility index (Phi) is 17.1. The number of nitro benzene ring substituents is 1. The first-order valence-electron chi connectivity index (χ1n) is 23.4. The highest BCUT2D eigenvalue weighted by Gasteiger charge is 2.65. The second-order valence-corrected chi connectivity index (χ2v) is 17.5. The molecule has 3 aromatic carbocycles. The summed E-state index contributed by atoms with van der Waals surface area (Å²) in [5.41, 5.74) is 5.11. The number of carbonyl (C=O) groups excluding carboxylic acids is 1. The van der Waals surface area contributed by atoms with Gasteiger partial charge in [0.25, 0.3) is 5.69 Å². The van der Waals surface area contributed by atoms with E-state index in [1.54, 1.807) is 41.3 Å². The summed E-state index contributed by atoms with van der Waals surface area (Å²) in [5, 5.41) is 36.3. The van der Waals surface area contributed by atoms with Gasteiger partial charge in [-0.05, 0) is 122 Å². The number of nitrogens with zero attached hydrogens (tertiary/aromatic N) is 4. The first-order valence-corrected chi connectivity index (χ1v) is 23.4. The number of aromatic nitrogens is 1. The third-order valence-electron chi connectivity index (χ3n) is 13.0. The summed E-state index contributed by atoms with van der Waals surface area (Å²) >= 11 is 0. The van der Waals surface area contributed by atoms with Gasteiger partial charge in [0.1, 0.15) is 36.6 Å². The largest absolute Gasteiger partial charge is 0.487 e. The van der Waals surface area contributed by atoms with Crippen LogP contribution in [-0.2, 0) is 34.1 Å². The van der Waals surface area contributed by atoms with E-state index in [0.717, 1.165) is 48.2 Å². The zero-order valence-corrected chi connectivity index (χ0v) is 38.5. The number of aryl methyl sites for hydroxylation is 1. The number of fused-ring (bicyclic) bond motifs is 2. The van der Waals surface area contributed by atoms with Crippen LogP contribution in [0.15, 0.2) is 127 Å². The third-order valence-corrected chi connectivity index (χ3v) is 13.0. The molecule has 1 fully saturated rings. The fraction of sp³-hybridized carbons (Fsp3) is 0.415. The summed E-state index contributed by atoms with van der Waals surface area (Å²) in [5.74, 6) is -1.93. The van der Waals surface area contributed by atoms with Gasteiger partial charge in [-0.25, -0.2) is 9.18 Å². The van der Waals surface area contributed by atoms with Crippen molar-refractivity contribution in [3.05, 3.63) is 166 Å². The van der Waals surface area contributed by atoms with Crippen LogP contribution in [0.2, 0.25) is 0 Å². The lowest BCUT2D eigenvalue weighted by molar-refractivity contribution is -0.384. The second kappa shape index (κ2) is 23.5. The monoisotopic (exact) mass is 932 g/mol. The van der Waals surface area contributed by atoms with Gasteiger partial charge < -0.3 is 34.0 Å². The van der Waals surface area contributed by atoms with Gasteiger partial charge in [-0.1, -0.05) is 54.4 Å². The van der Waals surface area contributed by atoms with E-state index in [1.807, 2.05) is 43.3 Å². The highest BCUT2D eigenvalue weighted by molar-refractivity contribution is 6.03. The van der Waals surface area contributed by atoms with Gasteiger partial charge in [0.15, 0.2) is 0 Å². The highest BCUT2D eigenvalue weighted by atomic mass is 19.1. The molecule has 2 aliphatic carbocycles. The number of aliphatic hydroxyl groups is 2. The fourth-order valence-corrected chi connectivity index (χ4v) is 9.87. The lowest BCUT2D eigenvalue weighted by Gasteiger charge is -2.59. The van der Waals surface area contributed by atoms with Gasteiger partial charge in [0, 0.05) is 55.5 Å². The van der Waals surface area contributed by atoms with Crippen molar-refractivity contribution in [3.63, 3.8) is 0 Å². The lowest BCUT2D eigenvalue weighted by atomic mass is 9.55. The number of aliphatic hydroxyl groups excluding tert-OH is 2. The minimum absolute atomic E-state index is 0.00588. The van der Waals surface area contributed by atoms with Crippen LogP contribution in [0.25, 0.3) is 0 Å². The van der Waals surface area contributed by atoms with Crippen LogP contribution in [0.1, 0.15) is 85.4 Å². The number of ether oxygens (including phenoxy) is 4. The summed E-state index contributed by atoms with van der Waals surface area (Å²) in [4.78, 5) is 38.0. The molecule has 2 heterocycles. The zero-order valence-electron chi connectivity index (χ0n) is 38.5. The number of allylic oxidation sites excluding steroid dienone is 1. The molecule has 360 valence electrons. The molecule has 68 heavy (non-hydrogen) atoms. The van der Waals surface area contributed by atoms with Gasteiger partial charge in [-0.3, -0.25) is 20.0 Å². The van der Waals surface area contributed by atoms with E-state index in [0.29, 0.717) is 47.6 Å². The Labute approximate surface area is 396 Å². The topological polar surface area (TPSA) is 175 Å². The minimum atomic E-state index is -1.59. The minimum Gasteiger partial charge on any atom is -0.487 e. The molecule has 1 aromatic heterocycles. The number of hydrogen-bond donors (Lipinski definition) is 2. The number of pyridine rings is 1. The van der Waals surface area contributed by atoms with Crippen LogP contribution < -0.4 is 9.47 Å². The van der Waals surface area contributed by atoms with Crippen molar-refractivity contribution in [1.29, 1.82) is 0 Å². The predicted molar refractivity (Wildman–Crippen MR) is 254 cm³/mol. The van der Waals surface area contributed by atoms with Crippen LogP contribution in [0.3, 0.4) is 0 Å². The van der Waals surface area contributed by atoms with Crippen LogP contribution in [0.4, 0.5) is 14.9 Å². The standard InChI is InChI=1S/C53H61FN4O10/c1-4-6-29-64-52(61)57(33-37-16-20-40(54)21-17-37)49-32-47(56-67-34-38-18-22-42(23-19-38)58(62)63)45-30-39(13-7-9-26-59)44(15-8-10-27-60)50-46-31-43(65-35-41-14-11-12-36(3)55-41)24-25-48(46)68-53(49,51(45)50)66-28-5-2/h4-5,11-12,14,16-25,30-31,39,44,49-51,59-60H,1-2,6-10,13,15,26-29,32-35H2,3H3. The number of benzene rings is 3. The van der Waals surface area contributed by atoms with Crippen molar-refractivity contribution in [1.82, 2.24) is 9.88 Å². The van der Waals surface area contributed by atoms with E-state index in [9.17, 15) is 29.5 Å². The summed E-state index contributed by atoms with van der Waals surface area (Å²) in [6, 6.07) is 22.6. The number of rotatable bonds is 24. The van der Waals surface area contributed by atoms with Gasteiger partial charge in [-0.2, -0.15) is 0 Å². The maximum Gasteiger partial charge on any atom is 0.410 e. The number of unbranched alkanes of at least 4 members (excludes halogenated alkanes) is 2. The number of amides is 1. The number of oxime groups is 1. The van der Waals surface area contributed by atoms with Crippen molar-refractivity contribution >= 4 is 17.5 Å². The van der Waals surface area contributed by atoms with E-state index in [-0.39, 0.29) is 76.0 Å². The molecule has 0 saturated heterocycles. The Bertz CT molecular complexity index is 2430. The second-order valence-electron chi connectivity index (χ2n) is 17.5. The van der Waals surface area contributed by atoms with E-state index < -0.39 is 34.6 Å². The molecular weight excluding hydrogens is 872 g/mol. The molecule has 0 spiro atoms. The summed E-state index contributed by atoms with van der Waals surface area (Å²) < 4.78 is 41.2. The Hall–Kier alpha value is -6.42. The van der Waals surface area contributed by atoms with Gasteiger partial charge in [0.05, 0.1) is 35.5 Å². The molecule has 1 saturated carbocycles. The Balaban J connectivity index is 1.43. The summed E-state index contributed by atoms with van der Waals surface area (Å²) in [7, 11) is 0. The Morgan fingerprint density at radius 1 is 0.985 bits per heavy atom. The molecule has 1 amide bonds. The van der Waals surface area contributed by atoms with Crippen LogP contribution in [0, 0.1) is 40.6 Å². The van der Waals surface area contributed by atoms with E-state index in [1.165, 1.54) is 24.3 Å². The molecule has 1 aliphatic heterocycles. The number of hydrogen-bond acceptors (Lipinski definition) is 12. The summed E-state index contributed by atoms with van der Waals surface area (Å²) in [6.45, 7) is 10.1. The summed E-state index contributed by atoms with van der Waals surface area (Å²) in [6.07, 6.45) is 9.52. The van der Waals surface area contributed by atoms with Crippen molar-refractivity contribution < 1.29 is 48.1 Å². The van der Waals surface area contributed by atoms with Gasteiger partial charge in [0.2, 0.25) is 5.79 Å². The first-order chi connectivity index (χ1) is 33.1. The lowest BCUT2D eigenvalue weighted by Crippen LogP contribution is -2.70. The van der Waals surface area contributed by atoms with E-state index in [4.69, 9.17) is 28.9 Å². The van der Waals surface area contributed by atoms with Crippen molar-refractivity contribution in [2.45, 2.75) is 95.8 Å². The molecule has 6 atom stereocenters. The molecule has 3 aliphatic rings. The maximum atomic E-state index is 14.7. The molecule has 0 bridgehead atoms. The molecular formula is C53H61FN4O10.